The van der Waals surface area contributed by atoms with Crippen molar-refractivity contribution in [3.8, 4) is 5.75 Å². The average Bonchev–Trinajstić information content (AvgIpc) is 2.82. The maximum absolute atomic E-state index is 11.6. The van der Waals surface area contributed by atoms with Crippen LogP contribution in [-0.2, 0) is 11.3 Å². The number of nitrogen functional groups attached to an aromatic ring is 1. The molecule has 1 amide bonds. The molecule has 0 aliphatic rings. The van der Waals surface area contributed by atoms with Crippen LogP contribution in [0, 0.1) is 0 Å². The van der Waals surface area contributed by atoms with Gasteiger partial charge in [0.15, 0.2) is 0 Å². The Balaban J connectivity index is 2.01. The van der Waals surface area contributed by atoms with E-state index in [0.29, 0.717) is 17.1 Å². The van der Waals surface area contributed by atoms with Crippen molar-refractivity contribution in [3.05, 3.63) is 24.5 Å². The van der Waals surface area contributed by atoms with Crippen LogP contribution >= 0.6 is 0 Å². The number of ether oxygens (including phenoxy) is 1. The van der Waals surface area contributed by atoms with E-state index in [-0.39, 0.29) is 12.5 Å². The second kappa shape index (κ2) is 5.13. The van der Waals surface area contributed by atoms with Gasteiger partial charge in [0.05, 0.1) is 12.8 Å². The lowest BCUT2D eigenvalue weighted by Gasteiger charge is -2.08. The van der Waals surface area contributed by atoms with E-state index >= 15 is 0 Å². The summed E-state index contributed by atoms with van der Waals surface area (Å²) in [6.45, 7) is 0.0406. The third-order valence-corrected chi connectivity index (χ3v) is 2.21. The van der Waals surface area contributed by atoms with Crippen molar-refractivity contribution in [1.29, 1.82) is 0 Å². The first kappa shape index (κ1) is 11.8. The fourth-order valence-corrected chi connectivity index (χ4v) is 1.41. The van der Waals surface area contributed by atoms with E-state index in [2.05, 4.69) is 20.8 Å². The summed E-state index contributed by atoms with van der Waals surface area (Å²) < 4.78 is 6.34. The Morgan fingerprint density at radius 2 is 2.39 bits per heavy atom. The number of aromatic nitrogens is 4. The zero-order valence-electron chi connectivity index (χ0n) is 9.70. The molecule has 8 nitrogen and oxygen atoms in total. The number of tetrazole rings is 1. The van der Waals surface area contributed by atoms with Crippen molar-refractivity contribution in [2.75, 3.05) is 18.2 Å². The fourth-order valence-electron chi connectivity index (χ4n) is 1.41. The summed E-state index contributed by atoms with van der Waals surface area (Å²) in [6.07, 6.45) is 1.36. The van der Waals surface area contributed by atoms with Gasteiger partial charge in [-0.3, -0.25) is 4.79 Å². The molecule has 0 spiro atoms. The van der Waals surface area contributed by atoms with Gasteiger partial charge in [-0.1, -0.05) is 0 Å². The first-order chi connectivity index (χ1) is 8.69. The van der Waals surface area contributed by atoms with E-state index in [9.17, 15) is 4.79 Å². The average molecular weight is 248 g/mol. The first-order valence-electron chi connectivity index (χ1n) is 5.13. The molecule has 2 rings (SSSR count). The van der Waals surface area contributed by atoms with Gasteiger partial charge in [-0.15, -0.1) is 5.10 Å². The Labute approximate surface area is 103 Å². The summed E-state index contributed by atoms with van der Waals surface area (Å²) in [4.78, 5) is 11.6. The summed E-state index contributed by atoms with van der Waals surface area (Å²) in [5, 5.41) is 13.1. The van der Waals surface area contributed by atoms with Gasteiger partial charge in [0, 0.05) is 5.69 Å². The number of nitrogens with zero attached hydrogens (tertiary/aromatic N) is 4. The standard InChI is InChI=1S/C10H12N6O2/c1-18-9-3-2-7(4-8(9)11)13-10(17)5-16-6-12-14-15-16/h2-4,6H,5,11H2,1H3,(H,13,17). The van der Waals surface area contributed by atoms with Gasteiger partial charge in [-0.05, 0) is 28.6 Å². The zero-order valence-corrected chi connectivity index (χ0v) is 9.70. The zero-order chi connectivity index (χ0) is 13.0. The van der Waals surface area contributed by atoms with Crippen LogP contribution < -0.4 is 15.8 Å². The van der Waals surface area contributed by atoms with E-state index in [4.69, 9.17) is 10.5 Å². The Morgan fingerprint density at radius 1 is 1.56 bits per heavy atom. The van der Waals surface area contributed by atoms with Gasteiger partial charge >= 0.3 is 0 Å². The van der Waals surface area contributed by atoms with Crippen molar-refractivity contribution in [3.63, 3.8) is 0 Å². The molecule has 8 heteroatoms. The molecule has 2 aromatic rings. The van der Waals surface area contributed by atoms with E-state index in [0.717, 1.165) is 0 Å². The summed E-state index contributed by atoms with van der Waals surface area (Å²) >= 11 is 0. The molecule has 1 aromatic heterocycles. The highest BCUT2D eigenvalue weighted by Crippen LogP contribution is 2.24. The topological polar surface area (TPSA) is 108 Å². The SMILES string of the molecule is COc1ccc(NC(=O)Cn2cnnn2)cc1N. The molecule has 0 aliphatic heterocycles. The Hall–Kier alpha value is -2.64. The van der Waals surface area contributed by atoms with Crippen molar-refractivity contribution in [2.24, 2.45) is 0 Å². The van der Waals surface area contributed by atoms with Crippen molar-refractivity contribution >= 4 is 17.3 Å². The van der Waals surface area contributed by atoms with Gasteiger partial charge in [0.1, 0.15) is 18.6 Å². The summed E-state index contributed by atoms with van der Waals surface area (Å²) in [5.41, 5.74) is 6.78. The highest BCUT2D eigenvalue weighted by molar-refractivity contribution is 5.91. The third-order valence-electron chi connectivity index (χ3n) is 2.21. The Morgan fingerprint density at radius 3 is 3.00 bits per heavy atom. The number of methoxy groups -OCH3 is 1. The van der Waals surface area contributed by atoms with Gasteiger partial charge in [0.2, 0.25) is 5.91 Å². The number of rotatable bonds is 4. The predicted octanol–water partition coefficient (Wildman–Crippen LogP) is -0.0974. The molecule has 3 N–H and O–H groups in total. The number of benzene rings is 1. The monoisotopic (exact) mass is 248 g/mol. The van der Waals surface area contributed by atoms with Crippen LogP contribution in [0.15, 0.2) is 24.5 Å². The molecule has 0 saturated carbocycles. The highest BCUT2D eigenvalue weighted by atomic mass is 16.5. The smallest absolute Gasteiger partial charge is 0.246 e. The van der Waals surface area contributed by atoms with Crippen LogP contribution in [0.5, 0.6) is 5.75 Å². The number of carbonyl (C=O) groups excluding carboxylic acids is 1. The van der Waals surface area contributed by atoms with Crippen molar-refractivity contribution in [1.82, 2.24) is 20.2 Å². The van der Waals surface area contributed by atoms with E-state index in [1.807, 2.05) is 0 Å². The highest BCUT2D eigenvalue weighted by Gasteiger charge is 2.06. The maximum Gasteiger partial charge on any atom is 0.246 e. The van der Waals surface area contributed by atoms with Crippen LogP contribution in [0.2, 0.25) is 0 Å². The molecule has 94 valence electrons. The van der Waals surface area contributed by atoms with Crippen molar-refractivity contribution in [2.45, 2.75) is 6.54 Å². The quantitative estimate of drug-likeness (QED) is 0.731. The minimum Gasteiger partial charge on any atom is -0.495 e. The van der Waals surface area contributed by atoms with E-state index < -0.39 is 0 Å². The first-order valence-corrected chi connectivity index (χ1v) is 5.13. The van der Waals surface area contributed by atoms with Crippen molar-refractivity contribution < 1.29 is 9.53 Å². The molecule has 18 heavy (non-hydrogen) atoms. The summed E-state index contributed by atoms with van der Waals surface area (Å²) in [7, 11) is 1.53. The number of hydrogen-bond acceptors (Lipinski definition) is 6. The number of carbonyl (C=O) groups is 1. The normalized spacial score (nSPS) is 10.1. The Bertz CT molecular complexity index is 539. The van der Waals surface area contributed by atoms with Crippen LogP contribution in [0.25, 0.3) is 0 Å². The predicted molar refractivity (Wildman–Crippen MR) is 63.9 cm³/mol. The minimum atomic E-state index is -0.244. The molecule has 0 radical (unpaired) electrons. The summed E-state index contributed by atoms with van der Waals surface area (Å²) in [5.74, 6) is 0.320. The van der Waals surface area contributed by atoms with Crippen LogP contribution in [0.3, 0.4) is 0 Å². The summed E-state index contributed by atoms with van der Waals surface area (Å²) in [6, 6.07) is 5.00. The molecule has 0 aliphatic carbocycles. The second-order valence-corrected chi connectivity index (χ2v) is 3.51. The minimum absolute atomic E-state index is 0.0406. The van der Waals surface area contributed by atoms with E-state index in [1.165, 1.54) is 18.1 Å². The molecule has 0 unspecified atom stereocenters. The van der Waals surface area contributed by atoms with Gasteiger partial charge in [0.25, 0.3) is 0 Å². The number of nitrogens with one attached hydrogen (secondary N) is 1. The van der Waals surface area contributed by atoms with Gasteiger partial charge in [-0.25, -0.2) is 4.68 Å². The number of anilines is 2. The number of hydrogen-bond donors (Lipinski definition) is 2. The molecule has 0 atom stereocenters. The van der Waals surface area contributed by atoms with Gasteiger partial charge < -0.3 is 15.8 Å². The fraction of sp³-hybridized carbons (Fsp3) is 0.200. The molecule has 0 saturated heterocycles. The molecule has 1 heterocycles. The maximum atomic E-state index is 11.6. The number of amides is 1. The van der Waals surface area contributed by atoms with Crippen LogP contribution in [0.1, 0.15) is 0 Å². The largest absolute Gasteiger partial charge is 0.495 e. The lowest BCUT2D eigenvalue weighted by atomic mass is 10.2. The number of nitrogens with two attached hydrogens (primary N) is 1. The molecule has 1 aromatic carbocycles. The van der Waals surface area contributed by atoms with Crippen LogP contribution in [-0.4, -0.2) is 33.2 Å². The van der Waals surface area contributed by atoms with E-state index in [1.54, 1.807) is 18.2 Å². The molecular weight excluding hydrogens is 236 g/mol. The lowest BCUT2D eigenvalue weighted by molar-refractivity contribution is -0.116. The van der Waals surface area contributed by atoms with Gasteiger partial charge in [-0.2, -0.15) is 0 Å². The third kappa shape index (κ3) is 2.73. The second-order valence-electron chi connectivity index (χ2n) is 3.51. The molecular formula is C10H12N6O2. The van der Waals surface area contributed by atoms with Crippen LogP contribution in [0.4, 0.5) is 11.4 Å². The molecule has 0 fully saturated rings. The lowest BCUT2D eigenvalue weighted by Crippen LogP contribution is -2.19. The Kier molecular flexibility index (Phi) is 3.37. The molecule has 0 bridgehead atoms.